The van der Waals surface area contributed by atoms with Gasteiger partial charge in [0.2, 0.25) is 6.29 Å². The van der Waals surface area contributed by atoms with E-state index < -0.39 is 37.2 Å². The maximum atomic E-state index is 11.6. The molecule has 0 heterocycles. The highest BCUT2D eigenvalue weighted by atomic mass is 16.6. The molecule has 0 radical (unpaired) electrons. The van der Waals surface area contributed by atoms with E-state index in [-0.39, 0.29) is 6.42 Å². The van der Waals surface area contributed by atoms with Gasteiger partial charge in [0.05, 0.1) is 6.61 Å². The molecule has 0 aromatic rings. The highest BCUT2D eigenvalue weighted by Gasteiger charge is 2.32. The Hall–Kier alpha value is -0.730. The van der Waals surface area contributed by atoms with Crippen LogP contribution in [0.2, 0.25) is 0 Å². The molecule has 0 aromatic heterocycles. The molecule has 4 atom stereocenters. The summed E-state index contributed by atoms with van der Waals surface area (Å²) >= 11 is 0. The van der Waals surface area contributed by atoms with Crippen LogP contribution >= 0.6 is 0 Å². The summed E-state index contributed by atoms with van der Waals surface area (Å²) in [4.78, 5) is 11.6. The maximum Gasteiger partial charge on any atom is 0.308 e. The zero-order valence-electron chi connectivity index (χ0n) is 17.5. The molecular weight excluding hydrogens is 364 g/mol. The van der Waals surface area contributed by atoms with Crippen LogP contribution in [0, 0.1) is 0 Å². The van der Waals surface area contributed by atoms with Gasteiger partial charge in [0.15, 0.2) is 0 Å². The van der Waals surface area contributed by atoms with Crippen LogP contribution in [0.1, 0.15) is 96.8 Å². The van der Waals surface area contributed by atoms with Gasteiger partial charge in [0.25, 0.3) is 0 Å². The molecule has 0 saturated carbocycles. The first-order valence-corrected chi connectivity index (χ1v) is 11.0. The highest BCUT2D eigenvalue weighted by molar-refractivity contribution is 5.69. The van der Waals surface area contributed by atoms with Crippen molar-refractivity contribution in [2.24, 2.45) is 0 Å². The number of carbonyl (C=O) groups is 1. The molecule has 0 aliphatic rings. The molecule has 0 aliphatic heterocycles. The topological polar surface area (TPSA) is 127 Å². The summed E-state index contributed by atoms with van der Waals surface area (Å²) in [5.74, 6) is -0.666. The van der Waals surface area contributed by atoms with Crippen LogP contribution < -0.4 is 0 Å². The van der Waals surface area contributed by atoms with Gasteiger partial charge in [-0.25, -0.2) is 0 Å². The molecule has 0 spiro atoms. The predicted octanol–water partition coefficient (Wildman–Crippen LogP) is 2.40. The van der Waals surface area contributed by atoms with Crippen molar-refractivity contribution in [3.05, 3.63) is 0 Å². The standard InChI is InChI=1S/C21H42O7/c1-2-3-4-5-6-7-8-9-10-11-12-13-14-15-18(24)28-21(27)20(26)19(25)17(23)16-22/h17,19-23,25-27H,2-16H2,1H3/t17-,19-,20+,21?/m1/s1. The van der Waals surface area contributed by atoms with E-state index >= 15 is 0 Å². The first-order valence-electron chi connectivity index (χ1n) is 11.0. The summed E-state index contributed by atoms with van der Waals surface area (Å²) in [5, 5.41) is 46.5. The number of aliphatic hydroxyl groups is 5. The SMILES string of the molecule is CCCCCCCCCCCCCCCC(=O)OC(O)[C@@H](O)[C@H](O)[C@H](O)CO. The lowest BCUT2D eigenvalue weighted by Crippen LogP contribution is -2.47. The fourth-order valence-corrected chi connectivity index (χ4v) is 3.05. The second-order valence-corrected chi connectivity index (χ2v) is 7.60. The average Bonchev–Trinajstić information content (AvgIpc) is 2.69. The van der Waals surface area contributed by atoms with E-state index in [9.17, 15) is 25.2 Å². The largest absolute Gasteiger partial charge is 0.433 e. The van der Waals surface area contributed by atoms with Crippen LogP contribution in [-0.2, 0) is 9.53 Å². The number of hydrogen-bond acceptors (Lipinski definition) is 7. The molecule has 7 heteroatoms. The molecule has 28 heavy (non-hydrogen) atoms. The minimum Gasteiger partial charge on any atom is -0.433 e. The molecule has 0 aliphatic carbocycles. The van der Waals surface area contributed by atoms with Gasteiger partial charge < -0.3 is 30.3 Å². The Labute approximate surface area is 169 Å². The Morgan fingerprint density at radius 3 is 1.57 bits per heavy atom. The summed E-state index contributed by atoms with van der Waals surface area (Å²) < 4.78 is 4.65. The van der Waals surface area contributed by atoms with Crippen molar-refractivity contribution >= 4 is 5.97 Å². The van der Waals surface area contributed by atoms with Crippen molar-refractivity contribution in [3.63, 3.8) is 0 Å². The van der Waals surface area contributed by atoms with E-state index in [1.54, 1.807) is 0 Å². The van der Waals surface area contributed by atoms with Crippen molar-refractivity contribution < 1.29 is 35.1 Å². The van der Waals surface area contributed by atoms with Crippen molar-refractivity contribution in [1.82, 2.24) is 0 Å². The number of esters is 1. The summed E-state index contributed by atoms with van der Waals surface area (Å²) in [5.41, 5.74) is 0. The molecule has 0 bridgehead atoms. The van der Waals surface area contributed by atoms with Crippen LogP contribution in [0.3, 0.4) is 0 Å². The number of carbonyl (C=O) groups excluding carboxylic acids is 1. The summed E-state index contributed by atoms with van der Waals surface area (Å²) in [7, 11) is 0. The van der Waals surface area contributed by atoms with Gasteiger partial charge in [-0.3, -0.25) is 4.79 Å². The third-order valence-corrected chi connectivity index (χ3v) is 4.96. The Balaban J connectivity index is 3.55. The third kappa shape index (κ3) is 14.3. The number of rotatable bonds is 19. The summed E-state index contributed by atoms with van der Waals surface area (Å²) in [6.45, 7) is 1.45. The second-order valence-electron chi connectivity index (χ2n) is 7.60. The minimum absolute atomic E-state index is 0.125. The predicted molar refractivity (Wildman–Crippen MR) is 108 cm³/mol. The van der Waals surface area contributed by atoms with Crippen LogP contribution in [0.25, 0.3) is 0 Å². The zero-order chi connectivity index (χ0) is 21.2. The van der Waals surface area contributed by atoms with Gasteiger partial charge in [0, 0.05) is 6.42 Å². The van der Waals surface area contributed by atoms with Gasteiger partial charge in [-0.1, -0.05) is 84.0 Å². The number of ether oxygens (including phenoxy) is 1. The normalized spacial score (nSPS) is 15.8. The Bertz CT molecular complexity index is 365. The van der Waals surface area contributed by atoms with Crippen LogP contribution in [-0.4, -0.2) is 62.7 Å². The van der Waals surface area contributed by atoms with Crippen LogP contribution in [0.4, 0.5) is 0 Å². The maximum absolute atomic E-state index is 11.6. The average molecular weight is 407 g/mol. The minimum atomic E-state index is -1.94. The number of unbranched alkanes of at least 4 members (excludes halogenated alkanes) is 12. The fraction of sp³-hybridized carbons (Fsp3) is 0.952. The van der Waals surface area contributed by atoms with E-state index in [2.05, 4.69) is 11.7 Å². The summed E-state index contributed by atoms with van der Waals surface area (Å²) in [6, 6.07) is 0. The fourth-order valence-electron chi connectivity index (χ4n) is 3.05. The second kappa shape index (κ2) is 18.3. The van der Waals surface area contributed by atoms with Gasteiger partial charge in [-0.2, -0.15) is 0 Å². The highest BCUT2D eigenvalue weighted by Crippen LogP contribution is 2.13. The number of hydrogen-bond donors (Lipinski definition) is 5. The van der Waals surface area contributed by atoms with Crippen LogP contribution in [0.5, 0.6) is 0 Å². The Morgan fingerprint density at radius 2 is 1.14 bits per heavy atom. The molecule has 0 amide bonds. The smallest absolute Gasteiger partial charge is 0.308 e. The lowest BCUT2D eigenvalue weighted by atomic mass is 10.0. The van der Waals surface area contributed by atoms with E-state index in [0.29, 0.717) is 6.42 Å². The zero-order valence-corrected chi connectivity index (χ0v) is 17.5. The van der Waals surface area contributed by atoms with E-state index in [4.69, 9.17) is 5.11 Å². The van der Waals surface area contributed by atoms with E-state index in [0.717, 1.165) is 19.3 Å². The first kappa shape index (κ1) is 27.3. The molecular formula is C21H42O7. The molecule has 1 unspecified atom stereocenters. The van der Waals surface area contributed by atoms with E-state index in [1.165, 1.54) is 57.8 Å². The molecule has 0 fully saturated rings. The van der Waals surface area contributed by atoms with Crippen molar-refractivity contribution in [2.45, 2.75) is 121 Å². The Morgan fingerprint density at radius 1 is 0.714 bits per heavy atom. The Kier molecular flexibility index (Phi) is 17.8. The van der Waals surface area contributed by atoms with Gasteiger partial charge in [-0.05, 0) is 6.42 Å². The molecule has 7 nitrogen and oxygen atoms in total. The van der Waals surface area contributed by atoms with Crippen molar-refractivity contribution in [1.29, 1.82) is 0 Å². The molecule has 168 valence electrons. The molecule has 0 rings (SSSR count). The number of aliphatic hydroxyl groups excluding tert-OH is 5. The molecule has 0 saturated heterocycles. The van der Waals surface area contributed by atoms with Crippen molar-refractivity contribution in [3.8, 4) is 0 Å². The van der Waals surface area contributed by atoms with Gasteiger partial charge in [0.1, 0.15) is 18.3 Å². The molecule has 0 aromatic carbocycles. The lowest BCUT2D eigenvalue weighted by molar-refractivity contribution is -0.209. The quantitative estimate of drug-likeness (QED) is 0.127. The first-order chi connectivity index (χ1) is 13.4. The van der Waals surface area contributed by atoms with Crippen molar-refractivity contribution in [2.75, 3.05) is 6.61 Å². The van der Waals surface area contributed by atoms with E-state index in [1.807, 2.05) is 0 Å². The van der Waals surface area contributed by atoms with Gasteiger partial charge >= 0.3 is 5.97 Å². The third-order valence-electron chi connectivity index (χ3n) is 4.96. The van der Waals surface area contributed by atoms with Crippen LogP contribution in [0.15, 0.2) is 0 Å². The lowest BCUT2D eigenvalue weighted by Gasteiger charge is -2.25. The molecule has 5 N–H and O–H groups in total. The summed E-state index contributed by atoms with van der Waals surface area (Å²) in [6.07, 6.45) is 8.44. The monoisotopic (exact) mass is 406 g/mol. The van der Waals surface area contributed by atoms with Gasteiger partial charge in [-0.15, -0.1) is 0 Å².